The smallest absolute Gasteiger partial charge is 0.335 e. The van der Waals surface area contributed by atoms with Crippen molar-refractivity contribution in [2.24, 2.45) is 0 Å². The van der Waals surface area contributed by atoms with Gasteiger partial charge in [0.25, 0.3) is 0 Å². The fourth-order valence-electron chi connectivity index (χ4n) is 1.23. The number of ketones is 1. The summed E-state index contributed by atoms with van der Waals surface area (Å²) < 4.78 is 10.6. The molecule has 0 unspecified atom stereocenters. The van der Waals surface area contributed by atoms with Crippen molar-refractivity contribution in [3.63, 3.8) is 0 Å². The molecule has 0 saturated carbocycles. The van der Waals surface area contributed by atoms with Gasteiger partial charge in [0.1, 0.15) is 0 Å². The summed E-state index contributed by atoms with van der Waals surface area (Å²) in [6.45, 7) is 7.51. The fraction of sp³-hybridized carbons (Fsp3) is 0.846. The molecule has 0 heterocycles. The quantitative estimate of drug-likeness (QED) is 0.189. The van der Waals surface area contributed by atoms with Gasteiger partial charge in [-0.25, -0.2) is 4.79 Å². The van der Waals surface area contributed by atoms with Gasteiger partial charge in [-0.1, -0.05) is 20.8 Å². The minimum Gasteiger partial charge on any atom is -0.335 e. The molecule has 0 fully saturated rings. The normalized spacial score (nSPS) is 11.4. The number of hydrogen-bond acceptors (Lipinski definition) is 6. The topological polar surface area (TPSA) is 71.1 Å². The Hall–Kier alpha value is -0.980. The Morgan fingerprint density at radius 3 is 1.74 bits per heavy atom. The number of ether oxygens (including phenoxy) is 2. The molecule has 19 heavy (non-hydrogen) atoms. The molecule has 6 heteroatoms. The zero-order valence-electron chi connectivity index (χ0n) is 12.2. The van der Waals surface area contributed by atoms with Crippen LogP contribution in [0.3, 0.4) is 0 Å². The number of rotatable bonds is 11. The summed E-state index contributed by atoms with van der Waals surface area (Å²) in [6.07, 6.45) is 1.98. The van der Waals surface area contributed by atoms with Gasteiger partial charge in [0.05, 0.1) is 19.8 Å². The molecule has 0 N–H and O–H groups in total. The van der Waals surface area contributed by atoms with E-state index < -0.39 is 17.5 Å². The Balaban J connectivity index is 4.85. The lowest BCUT2D eigenvalue weighted by Crippen LogP contribution is -2.52. The maximum absolute atomic E-state index is 12.0. The van der Waals surface area contributed by atoms with Crippen LogP contribution in [0.5, 0.6) is 0 Å². The zero-order chi connectivity index (χ0) is 14.7. The van der Waals surface area contributed by atoms with Crippen molar-refractivity contribution >= 4 is 11.8 Å². The Kier molecular flexibility index (Phi) is 9.38. The minimum absolute atomic E-state index is 0.214. The van der Waals surface area contributed by atoms with Crippen LogP contribution in [0.4, 0.5) is 0 Å². The van der Waals surface area contributed by atoms with Gasteiger partial charge < -0.3 is 9.47 Å². The standard InChI is InChI=1S/C13H24O6/c1-5-8-16-13(11(4)14,17-9-6-2)12(15)19-18-10-7-3/h5-10H2,1-4H3. The van der Waals surface area contributed by atoms with Crippen molar-refractivity contribution in [2.75, 3.05) is 19.8 Å². The summed E-state index contributed by atoms with van der Waals surface area (Å²) >= 11 is 0. The van der Waals surface area contributed by atoms with E-state index in [0.717, 1.165) is 0 Å². The van der Waals surface area contributed by atoms with Crippen LogP contribution in [0.2, 0.25) is 0 Å². The second-order valence-electron chi connectivity index (χ2n) is 4.06. The maximum Gasteiger partial charge on any atom is 0.409 e. The van der Waals surface area contributed by atoms with Crippen molar-refractivity contribution in [3.05, 3.63) is 0 Å². The molecular formula is C13H24O6. The number of hydrogen-bond donors (Lipinski definition) is 0. The molecule has 0 atom stereocenters. The molecule has 0 aliphatic carbocycles. The molecule has 0 amide bonds. The van der Waals surface area contributed by atoms with Crippen LogP contribution in [0, 0.1) is 0 Å². The number of Topliss-reactive ketones (excluding diaryl/α,β-unsaturated/α-hetero) is 1. The molecule has 0 aliphatic heterocycles. The highest BCUT2D eigenvalue weighted by Gasteiger charge is 2.49. The molecule has 0 aromatic carbocycles. The highest BCUT2D eigenvalue weighted by atomic mass is 17.2. The summed E-state index contributed by atoms with van der Waals surface area (Å²) in [5, 5.41) is 0. The summed E-state index contributed by atoms with van der Waals surface area (Å²) in [5.74, 6) is -3.53. The van der Waals surface area contributed by atoms with E-state index in [1.165, 1.54) is 6.92 Å². The monoisotopic (exact) mass is 276 g/mol. The zero-order valence-corrected chi connectivity index (χ0v) is 12.2. The molecule has 0 bridgehead atoms. The fourth-order valence-corrected chi connectivity index (χ4v) is 1.23. The van der Waals surface area contributed by atoms with E-state index in [4.69, 9.17) is 14.4 Å². The van der Waals surface area contributed by atoms with Crippen molar-refractivity contribution in [1.82, 2.24) is 0 Å². The number of carbonyl (C=O) groups excluding carboxylic acids is 2. The Labute approximate surface area is 114 Å². The van der Waals surface area contributed by atoms with Crippen LogP contribution >= 0.6 is 0 Å². The highest BCUT2D eigenvalue weighted by Crippen LogP contribution is 2.19. The van der Waals surface area contributed by atoms with Crippen molar-refractivity contribution in [1.29, 1.82) is 0 Å². The lowest BCUT2D eigenvalue weighted by atomic mass is 10.2. The third-order valence-electron chi connectivity index (χ3n) is 2.17. The summed E-state index contributed by atoms with van der Waals surface area (Å²) in [5.41, 5.74) is 0. The van der Waals surface area contributed by atoms with E-state index in [-0.39, 0.29) is 19.8 Å². The summed E-state index contributed by atoms with van der Waals surface area (Å²) in [4.78, 5) is 33.0. The first-order valence-electron chi connectivity index (χ1n) is 6.67. The van der Waals surface area contributed by atoms with Crippen LogP contribution in [0.1, 0.15) is 47.0 Å². The van der Waals surface area contributed by atoms with Gasteiger partial charge in [0.2, 0.25) is 5.78 Å². The Morgan fingerprint density at radius 1 is 0.895 bits per heavy atom. The van der Waals surface area contributed by atoms with Gasteiger partial charge in [0.15, 0.2) is 0 Å². The molecule has 0 saturated heterocycles. The lowest BCUT2D eigenvalue weighted by Gasteiger charge is -2.27. The molecule has 0 aliphatic rings. The highest BCUT2D eigenvalue weighted by molar-refractivity contribution is 6.04. The SMILES string of the molecule is CCCOOC(=O)C(OCCC)(OCCC)C(C)=O. The molecule has 0 rings (SSSR count). The minimum atomic E-state index is -2.01. The van der Waals surface area contributed by atoms with Crippen LogP contribution in [0.25, 0.3) is 0 Å². The van der Waals surface area contributed by atoms with Gasteiger partial charge in [0, 0.05) is 6.92 Å². The largest absolute Gasteiger partial charge is 0.409 e. The van der Waals surface area contributed by atoms with E-state index in [2.05, 4.69) is 4.89 Å². The van der Waals surface area contributed by atoms with E-state index in [1.807, 2.05) is 20.8 Å². The van der Waals surface area contributed by atoms with Crippen LogP contribution < -0.4 is 0 Å². The Bertz CT molecular complexity index is 268. The van der Waals surface area contributed by atoms with Gasteiger partial charge in [-0.05, 0) is 19.3 Å². The van der Waals surface area contributed by atoms with Crippen LogP contribution in [0.15, 0.2) is 0 Å². The van der Waals surface area contributed by atoms with Crippen LogP contribution in [-0.2, 0) is 28.8 Å². The first kappa shape index (κ1) is 18.0. The maximum atomic E-state index is 12.0. The van der Waals surface area contributed by atoms with Gasteiger partial charge in [-0.3, -0.25) is 9.68 Å². The molecule has 0 aromatic rings. The van der Waals surface area contributed by atoms with Crippen molar-refractivity contribution in [3.8, 4) is 0 Å². The third kappa shape index (κ3) is 5.67. The number of carbonyl (C=O) groups is 2. The van der Waals surface area contributed by atoms with Gasteiger partial charge in [-0.2, -0.15) is 4.89 Å². The van der Waals surface area contributed by atoms with Crippen molar-refractivity contribution < 1.29 is 28.8 Å². The van der Waals surface area contributed by atoms with Gasteiger partial charge in [-0.15, -0.1) is 0 Å². The van der Waals surface area contributed by atoms with Gasteiger partial charge >= 0.3 is 11.8 Å². The average molecular weight is 276 g/mol. The molecular weight excluding hydrogens is 252 g/mol. The second kappa shape index (κ2) is 9.89. The first-order chi connectivity index (χ1) is 9.05. The molecule has 0 spiro atoms. The van der Waals surface area contributed by atoms with E-state index in [0.29, 0.717) is 19.3 Å². The predicted molar refractivity (Wildman–Crippen MR) is 68.2 cm³/mol. The third-order valence-corrected chi connectivity index (χ3v) is 2.17. The lowest BCUT2D eigenvalue weighted by molar-refractivity contribution is -0.309. The molecule has 6 nitrogen and oxygen atoms in total. The second-order valence-corrected chi connectivity index (χ2v) is 4.06. The average Bonchev–Trinajstić information content (AvgIpc) is 2.39. The van der Waals surface area contributed by atoms with E-state index in [1.54, 1.807) is 0 Å². The molecule has 0 aromatic heterocycles. The van der Waals surface area contributed by atoms with E-state index >= 15 is 0 Å². The van der Waals surface area contributed by atoms with Crippen LogP contribution in [-0.4, -0.2) is 37.4 Å². The summed E-state index contributed by atoms with van der Waals surface area (Å²) in [6, 6.07) is 0. The van der Waals surface area contributed by atoms with Crippen molar-refractivity contribution in [2.45, 2.75) is 52.7 Å². The Morgan fingerprint density at radius 2 is 1.37 bits per heavy atom. The predicted octanol–water partition coefficient (Wildman–Crippen LogP) is 2.01. The molecule has 112 valence electrons. The first-order valence-corrected chi connectivity index (χ1v) is 6.67. The molecule has 0 radical (unpaired) electrons. The summed E-state index contributed by atoms with van der Waals surface area (Å²) in [7, 11) is 0. The van der Waals surface area contributed by atoms with E-state index in [9.17, 15) is 9.59 Å².